The number of aromatic nitrogens is 4. The molecule has 3 rings (SSSR count). The molecule has 0 aliphatic heterocycles. The van der Waals surface area contributed by atoms with Crippen LogP contribution in [-0.2, 0) is 7.05 Å². The average Bonchev–Trinajstić information content (AvgIpc) is 2.62. The van der Waals surface area contributed by atoms with Crippen molar-refractivity contribution in [1.82, 2.24) is 19.3 Å². The van der Waals surface area contributed by atoms with Gasteiger partial charge < -0.3 is 4.98 Å². The molecular weight excluding hydrogens is 220 g/mol. The largest absolute Gasteiger partial charge is 0.328 e. The second kappa shape index (κ2) is 3.20. The van der Waals surface area contributed by atoms with Crippen molar-refractivity contribution < 1.29 is 0 Å². The van der Waals surface area contributed by atoms with Crippen molar-refractivity contribution in [2.24, 2.45) is 13.0 Å². The van der Waals surface area contributed by atoms with Crippen LogP contribution in [0.5, 0.6) is 0 Å². The van der Waals surface area contributed by atoms with Crippen LogP contribution < -0.4 is 0 Å². The smallest absolute Gasteiger partial charge is 0.179 e. The Morgan fingerprint density at radius 1 is 1.44 bits per heavy atom. The van der Waals surface area contributed by atoms with E-state index in [0.717, 1.165) is 27.5 Å². The molecule has 2 heterocycles. The van der Waals surface area contributed by atoms with Crippen LogP contribution in [0.3, 0.4) is 0 Å². The SMILES string of the molecule is Cc1nn(C)c2c1[nH]c(=S)n2C1CC(C)C1. The van der Waals surface area contributed by atoms with Crippen LogP contribution in [0.2, 0.25) is 0 Å². The summed E-state index contributed by atoms with van der Waals surface area (Å²) < 4.78 is 5.01. The fourth-order valence-corrected chi connectivity index (χ4v) is 3.08. The van der Waals surface area contributed by atoms with Gasteiger partial charge in [-0.2, -0.15) is 5.10 Å². The normalized spacial score (nSPS) is 24.9. The van der Waals surface area contributed by atoms with E-state index in [1.807, 2.05) is 18.7 Å². The highest BCUT2D eigenvalue weighted by Gasteiger charge is 2.29. The fourth-order valence-electron chi connectivity index (χ4n) is 2.74. The quantitative estimate of drug-likeness (QED) is 0.773. The van der Waals surface area contributed by atoms with Gasteiger partial charge in [0.1, 0.15) is 5.52 Å². The number of H-pyrrole nitrogens is 1. The van der Waals surface area contributed by atoms with Crippen LogP contribution in [-0.4, -0.2) is 19.3 Å². The van der Waals surface area contributed by atoms with E-state index in [-0.39, 0.29) is 0 Å². The van der Waals surface area contributed by atoms with Gasteiger partial charge in [0.25, 0.3) is 0 Å². The maximum Gasteiger partial charge on any atom is 0.179 e. The van der Waals surface area contributed by atoms with Crippen molar-refractivity contribution >= 4 is 23.4 Å². The molecule has 5 heteroatoms. The Balaban J connectivity index is 2.23. The average molecular weight is 236 g/mol. The van der Waals surface area contributed by atoms with Crippen LogP contribution >= 0.6 is 12.2 Å². The van der Waals surface area contributed by atoms with Gasteiger partial charge in [0, 0.05) is 13.1 Å². The number of hydrogen-bond donors (Lipinski definition) is 1. The molecule has 0 amide bonds. The molecule has 0 saturated heterocycles. The number of nitrogens with one attached hydrogen (secondary N) is 1. The lowest BCUT2D eigenvalue weighted by Gasteiger charge is -2.33. The van der Waals surface area contributed by atoms with Crippen LogP contribution in [0.25, 0.3) is 11.2 Å². The van der Waals surface area contributed by atoms with Gasteiger partial charge in [-0.1, -0.05) is 6.92 Å². The maximum absolute atomic E-state index is 5.41. The molecule has 4 nitrogen and oxygen atoms in total. The Labute approximate surface area is 99.3 Å². The van der Waals surface area contributed by atoms with Gasteiger partial charge in [0.15, 0.2) is 10.4 Å². The number of hydrogen-bond acceptors (Lipinski definition) is 2. The molecule has 1 aliphatic carbocycles. The number of rotatable bonds is 1. The second-order valence-electron chi connectivity index (χ2n) is 4.94. The van der Waals surface area contributed by atoms with Crippen molar-refractivity contribution in [2.75, 3.05) is 0 Å². The van der Waals surface area contributed by atoms with E-state index in [9.17, 15) is 0 Å². The van der Waals surface area contributed by atoms with Gasteiger partial charge >= 0.3 is 0 Å². The Morgan fingerprint density at radius 3 is 2.75 bits per heavy atom. The summed E-state index contributed by atoms with van der Waals surface area (Å²) >= 11 is 5.41. The molecule has 0 aromatic carbocycles. The molecule has 1 N–H and O–H groups in total. The van der Waals surface area contributed by atoms with Crippen LogP contribution in [0.1, 0.15) is 31.5 Å². The van der Waals surface area contributed by atoms with E-state index in [0.29, 0.717) is 6.04 Å². The molecule has 86 valence electrons. The van der Waals surface area contributed by atoms with E-state index in [1.54, 1.807) is 0 Å². The van der Waals surface area contributed by atoms with Crippen LogP contribution in [0, 0.1) is 17.6 Å². The van der Waals surface area contributed by atoms with Crippen molar-refractivity contribution in [1.29, 1.82) is 0 Å². The van der Waals surface area contributed by atoms with Gasteiger partial charge in [-0.25, -0.2) is 0 Å². The molecule has 0 bridgehead atoms. The molecular formula is C11H16N4S. The maximum atomic E-state index is 5.41. The minimum absolute atomic E-state index is 0.561. The van der Waals surface area contributed by atoms with Gasteiger partial charge in [0.05, 0.1) is 5.69 Å². The second-order valence-corrected chi connectivity index (χ2v) is 5.32. The van der Waals surface area contributed by atoms with Gasteiger partial charge in [-0.05, 0) is 37.9 Å². The summed E-state index contributed by atoms with van der Waals surface area (Å²) in [6, 6.07) is 0.561. The molecule has 1 aliphatic rings. The zero-order valence-electron chi connectivity index (χ0n) is 9.82. The molecule has 0 atom stereocenters. The van der Waals surface area contributed by atoms with E-state index < -0.39 is 0 Å². The molecule has 2 aromatic heterocycles. The van der Waals surface area contributed by atoms with E-state index in [4.69, 9.17) is 12.2 Å². The summed E-state index contributed by atoms with van der Waals surface area (Å²) in [5.41, 5.74) is 3.25. The van der Waals surface area contributed by atoms with Crippen LogP contribution in [0.4, 0.5) is 0 Å². The molecule has 16 heavy (non-hydrogen) atoms. The lowest BCUT2D eigenvalue weighted by atomic mass is 9.82. The first-order valence-corrected chi connectivity index (χ1v) is 6.12. The molecule has 0 radical (unpaired) electrons. The summed E-state index contributed by atoms with van der Waals surface area (Å²) in [5, 5.41) is 4.43. The van der Waals surface area contributed by atoms with Crippen molar-refractivity contribution in [2.45, 2.75) is 32.7 Å². The van der Waals surface area contributed by atoms with Gasteiger partial charge in [-0.3, -0.25) is 9.25 Å². The highest BCUT2D eigenvalue weighted by Crippen LogP contribution is 2.39. The van der Waals surface area contributed by atoms with Crippen LogP contribution in [0.15, 0.2) is 0 Å². The van der Waals surface area contributed by atoms with E-state index in [2.05, 4.69) is 21.6 Å². The number of aryl methyl sites for hydroxylation is 2. The number of nitrogens with zero attached hydrogens (tertiary/aromatic N) is 3. The third kappa shape index (κ3) is 1.21. The molecule has 0 spiro atoms. The highest BCUT2D eigenvalue weighted by molar-refractivity contribution is 7.71. The Hall–Kier alpha value is -1.10. The third-order valence-electron chi connectivity index (χ3n) is 3.58. The summed E-state index contributed by atoms with van der Waals surface area (Å²) in [7, 11) is 1.98. The Morgan fingerprint density at radius 2 is 2.12 bits per heavy atom. The predicted octanol–water partition coefficient (Wildman–Crippen LogP) is 2.71. The Bertz CT molecular complexity index is 597. The number of aromatic amines is 1. The first kappa shape index (κ1) is 10.1. The zero-order chi connectivity index (χ0) is 11.4. The summed E-state index contributed by atoms with van der Waals surface area (Å²) in [5.74, 6) is 0.825. The monoisotopic (exact) mass is 236 g/mol. The first-order chi connectivity index (χ1) is 7.58. The lowest BCUT2D eigenvalue weighted by Crippen LogP contribution is -2.25. The number of imidazole rings is 1. The summed E-state index contributed by atoms with van der Waals surface area (Å²) in [4.78, 5) is 3.27. The molecule has 1 saturated carbocycles. The zero-order valence-corrected chi connectivity index (χ0v) is 10.6. The Kier molecular flexibility index (Phi) is 2.01. The molecule has 0 unspecified atom stereocenters. The standard InChI is InChI=1S/C11H16N4S/c1-6-4-8(5-6)15-10-9(12-11(15)16)7(2)13-14(10)3/h6,8H,4-5H2,1-3H3,(H,12,16). The first-order valence-electron chi connectivity index (χ1n) is 5.71. The van der Waals surface area contributed by atoms with Crippen molar-refractivity contribution in [3.05, 3.63) is 10.5 Å². The lowest BCUT2D eigenvalue weighted by molar-refractivity contribution is 0.217. The van der Waals surface area contributed by atoms with Crippen molar-refractivity contribution in [3.63, 3.8) is 0 Å². The number of fused-ring (bicyclic) bond motifs is 1. The van der Waals surface area contributed by atoms with Gasteiger partial charge in [0.2, 0.25) is 0 Å². The summed E-state index contributed by atoms with van der Waals surface area (Å²) in [6.45, 7) is 4.31. The molecule has 1 fully saturated rings. The summed E-state index contributed by atoms with van der Waals surface area (Å²) in [6.07, 6.45) is 2.46. The third-order valence-corrected chi connectivity index (χ3v) is 3.88. The highest BCUT2D eigenvalue weighted by atomic mass is 32.1. The van der Waals surface area contributed by atoms with Crippen molar-refractivity contribution in [3.8, 4) is 0 Å². The predicted molar refractivity (Wildman–Crippen MR) is 66.1 cm³/mol. The van der Waals surface area contributed by atoms with E-state index >= 15 is 0 Å². The van der Waals surface area contributed by atoms with E-state index in [1.165, 1.54) is 12.8 Å². The van der Waals surface area contributed by atoms with Gasteiger partial charge in [-0.15, -0.1) is 0 Å². The molecule has 2 aromatic rings. The topological polar surface area (TPSA) is 38.5 Å². The fraction of sp³-hybridized carbons (Fsp3) is 0.636. The minimum atomic E-state index is 0.561. The minimum Gasteiger partial charge on any atom is -0.328 e.